The van der Waals surface area contributed by atoms with Crippen LogP contribution in [-0.2, 0) is 6.61 Å². The number of hydrogen-bond acceptors (Lipinski definition) is 4. The maximum atomic E-state index is 13.5. The van der Waals surface area contributed by atoms with E-state index in [-0.39, 0.29) is 22.7 Å². The van der Waals surface area contributed by atoms with Crippen LogP contribution >= 0.6 is 15.9 Å². The minimum absolute atomic E-state index is 0.00842. The summed E-state index contributed by atoms with van der Waals surface area (Å²) in [5.74, 6) is -0.334. The predicted octanol–water partition coefficient (Wildman–Crippen LogP) is 3.78. The van der Waals surface area contributed by atoms with Crippen molar-refractivity contribution in [1.29, 1.82) is 0 Å². The highest BCUT2D eigenvalue weighted by atomic mass is 79.9. The molecule has 104 valence electrons. The maximum Gasteiger partial charge on any atom is 0.273 e. The number of non-ortho nitro benzene ring substituents is 1. The van der Waals surface area contributed by atoms with E-state index < -0.39 is 17.3 Å². The van der Waals surface area contributed by atoms with E-state index in [0.29, 0.717) is 4.47 Å². The molecule has 0 unspecified atom stereocenters. The highest BCUT2D eigenvalue weighted by molar-refractivity contribution is 9.10. The van der Waals surface area contributed by atoms with Gasteiger partial charge >= 0.3 is 0 Å². The first-order valence-electron chi connectivity index (χ1n) is 5.53. The Kier molecular flexibility index (Phi) is 4.31. The van der Waals surface area contributed by atoms with Crippen LogP contribution in [-0.4, -0.2) is 10.0 Å². The zero-order valence-electron chi connectivity index (χ0n) is 10.0. The summed E-state index contributed by atoms with van der Waals surface area (Å²) in [5.41, 5.74) is -0.156. The van der Waals surface area contributed by atoms with Gasteiger partial charge in [0.1, 0.15) is 17.3 Å². The number of nitro groups is 1. The van der Waals surface area contributed by atoms with E-state index in [1.807, 2.05) is 0 Å². The first-order chi connectivity index (χ1) is 9.52. The third-order valence-corrected chi connectivity index (χ3v) is 3.23. The predicted molar refractivity (Wildman–Crippen MR) is 73.2 cm³/mol. The lowest BCUT2D eigenvalue weighted by molar-refractivity contribution is -0.384. The molecule has 2 aromatic rings. The Labute approximate surface area is 121 Å². The molecule has 0 saturated heterocycles. The Bertz CT molecular complexity index is 663. The van der Waals surface area contributed by atoms with Crippen LogP contribution in [0.4, 0.5) is 10.1 Å². The molecule has 5 nitrogen and oxygen atoms in total. The van der Waals surface area contributed by atoms with Gasteiger partial charge in [-0.2, -0.15) is 0 Å². The number of aliphatic hydroxyl groups excluding tert-OH is 1. The number of ether oxygens (including phenoxy) is 1. The van der Waals surface area contributed by atoms with Crippen molar-refractivity contribution >= 4 is 21.6 Å². The van der Waals surface area contributed by atoms with Crippen molar-refractivity contribution in [3.8, 4) is 11.5 Å². The molecule has 0 aliphatic rings. The van der Waals surface area contributed by atoms with Crippen molar-refractivity contribution in [3.63, 3.8) is 0 Å². The van der Waals surface area contributed by atoms with E-state index >= 15 is 0 Å². The van der Waals surface area contributed by atoms with Crippen LogP contribution in [0.5, 0.6) is 11.5 Å². The van der Waals surface area contributed by atoms with Crippen LogP contribution in [0.2, 0.25) is 0 Å². The zero-order chi connectivity index (χ0) is 14.7. The molecule has 2 aromatic carbocycles. The van der Waals surface area contributed by atoms with E-state index in [1.54, 1.807) is 0 Å². The van der Waals surface area contributed by atoms with Crippen molar-refractivity contribution in [3.05, 3.63) is 62.4 Å². The summed E-state index contributed by atoms with van der Waals surface area (Å²) in [4.78, 5) is 10.2. The zero-order valence-corrected chi connectivity index (χ0v) is 11.6. The molecule has 0 bridgehead atoms. The van der Waals surface area contributed by atoms with Gasteiger partial charge in [0.25, 0.3) is 5.69 Å². The first-order valence-corrected chi connectivity index (χ1v) is 6.32. The summed E-state index contributed by atoms with van der Waals surface area (Å²) >= 11 is 3.20. The van der Waals surface area contributed by atoms with Gasteiger partial charge in [0.05, 0.1) is 27.6 Å². The van der Waals surface area contributed by atoms with E-state index in [1.165, 1.54) is 36.4 Å². The van der Waals surface area contributed by atoms with Gasteiger partial charge in [-0.3, -0.25) is 10.1 Å². The van der Waals surface area contributed by atoms with Crippen LogP contribution in [0, 0.1) is 15.9 Å². The molecule has 2 rings (SSSR count). The van der Waals surface area contributed by atoms with Crippen molar-refractivity contribution < 1.29 is 19.2 Å². The summed E-state index contributed by atoms with van der Waals surface area (Å²) in [6.45, 7) is -0.533. The summed E-state index contributed by atoms with van der Waals surface area (Å²) in [6, 6.07) is 8.09. The Morgan fingerprint density at radius 1 is 1.30 bits per heavy atom. The van der Waals surface area contributed by atoms with E-state index in [9.17, 15) is 14.5 Å². The number of aliphatic hydroxyl groups is 1. The summed E-state index contributed by atoms with van der Waals surface area (Å²) < 4.78 is 19.4. The lowest BCUT2D eigenvalue weighted by Gasteiger charge is -2.11. The third-order valence-electron chi connectivity index (χ3n) is 2.58. The topological polar surface area (TPSA) is 72.6 Å². The van der Waals surface area contributed by atoms with Gasteiger partial charge < -0.3 is 9.84 Å². The standard InChI is InChI=1S/C13H9BrFNO4/c14-10-5-4-8(16(18)19)6-13(10)20-12-3-1-2-11(15)9(12)7-17/h1-6,17H,7H2. The minimum atomic E-state index is -0.605. The Hall–Kier alpha value is -1.99. The second-order valence-corrected chi connectivity index (χ2v) is 4.70. The fourth-order valence-corrected chi connectivity index (χ4v) is 1.92. The second-order valence-electron chi connectivity index (χ2n) is 3.85. The quantitative estimate of drug-likeness (QED) is 0.678. The number of hydrogen-bond donors (Lipinski definition) is 1. The molecule has 0 atom stereocenters. The summed E-state index contributed by atoms with van der Waals surface area (Å²) in [5, 5.41) is 19.9. The average molecular weight is 342 g/mol. The Balaban J connectivity index is 2.42. The van der Waals surface area contributed by atoms with E-state index in [2.05, 4.69) is 15.9 Å². The van der Waals surface area contributed by atoms with Crippen LogP contribution in [0.1, 0.15) is 5.56 Å². The molecule has 0 aromatic heterocycles. The number of rotatable bonds is 4. The second kappa shape index (κ2) is 5.98. The van der Waals surface area contributed by atoms with Gasteiger partial charge in [0, 0.05) is 6.07 Å². The maximum absolute atomic E-state index is 13.5. The normalized spacial score (nSPS) is 10.3. The molecule has 0 spiro atoms. The van der Waals surface area contributed by atoms with Gasteiger partial charge in [-0.15, -0.1) is 0 Å². The SMILES string of the molecule is O=[N+]([O-])c1ccc(Br)c(Oc2cccc(F)c2CO)c1. The van der Waals surface area contributed by atoms with Gasteiger partial charge in [-0.1, -0.05) is 6.07 Å². The minimum Gasteiger partial charge on any atom is -0.455 e. The molecule has 7 heteroatoms. The van der Waals surface area contributed by atoms with Gasteiger partial charge in [0.15, 0.2) is 0 Å². The summed E-state index contributed by atoms with van der Waals surface area (Å²) in [6.07, 6.45) is 0. The number of halogens is 2. The highest BCUT2D eigenvalue weighted by Crippen LogP contribution is 2.34. The molecule has 0 radical (unpaired) electrons. The Morgan fingerprint density at radius 2 is 2.05 bits per heavy atom. The fraction of sp³-hybridized carbons (Fsp3) is 0.0769. The number of nitro benzene ring substituents is 1. The van der Waals surface area contributed by atoms with Gasteiger partial charge in [-0.25, -0.2) is 4.39 Å². The molecule has 0 fully saturated rings. The van der Waals surface area contributed by atoms with E-state index in [4.69, 9.17) is 9.84 Å². The molecular weight excluding hydrogens is 333 g/mol. The van der Waals surface area contributed by atoms with Crippen molar-refractivity contribution in [2.24, 2.45) is 0 Å². The number of nitrogens with zero attached hydrogens (tertiary/aromatic N) is 1. The monoisotopic (exact) mass is 341 g/mol. The third kappa shape index (κ3) is 2.94. The fourth-order valence-electron chi connectivity index (χ4n) is 1.59. The lowest BCUT2D eigenvalue weighted by atomic mass is 10.2. The van der Waals surface area contributed by atoms with Crippen LogP contribution < -0.4 is 4.74 Å². The summed E-state index contributed by atoms with van der Waals surface area (Å²) in [7, 11) is 0. The van der Waals surface area contributed by atoms with Crippen LogP contribution in [0.25, 0.3) is 0 Å². The molecule has 0 heterocycles. The van der Waals surface area contributed by atoms with Crippen LogP contribution in [0.15, 0.2) is 40.9 Å². The van der Waals surface area contributed by atoms with Crippen molar-refractivity contribution in [2.45, 2.75) is 6.61 Å². The first kappa shape index (κ1) is 14.4. The van der Waals surface area contributed by atoms with Crippen LogP contribution in [0.3, 0.4) is 0 Å². The Morgan fingerprint density at radius 3 is 2.70 bits per heavy atom. The van der Waals surface area contributed by atoms with Gasteiger partial charge in [-0.05, 0) is 34.1 Å². The molecule has 0 amide bonds. The van der Waals surface area contributed by atoms with E-state index in [0.717, 1.165) is 0 Å². The highest BCUT2D eigenvalue weighted by Gasteiger charge is 2.14. The molecule has 0 aliphatic carbocycles. The molecule has 1 N–H and O–H groups in total. The largest absolute Gasteiger partial charge is 0.455 e. The smallest absolute Gasteiger partial charge is 0.273 e. The lowest BCUT2D eigenvalue weighted by Crippen LogP contribution is -1.96. The van der Waals surface area contributed by atoms with Gasteiger partial charge in [0.2, 0.25) is 0 Å². The van der Waals surface area contributed by atoms with Crippen molar-refractivity contribution in [2.75, 3.05) is 0 Å². The molecule has 20 heavy (non-hydrogen) atoms. The molecular formula is C13H9BrFNO4. The molecule has 0 aliphatic heterocycles. The average Bonchev–Trinajstić information content (AvgIpc) is 2.41. The molecule has 0 saturated carbocycles. The van der Waals surface area contributed by atoms with Crippen molar-refractivity contribution in [1.82, 2.24) is 0 Å². The number of benzene rings is 2.